The largest absolute Gasteiger partial charge is 0.478 e. The average molecular weight is 392 g/mol. The molecule has 6 nitrogen and oxygen atoms in total. The van der Waals surface area contributed by atoms with Crippen molar-refractivity contribution in [3.63, 3.8) is 0 Å². The zero-order chi connectivity index (χ0) is 15.6. The molecule has 0 radical (unpaired) electrons. The Bertz CT molecular complexity index is 811. The van der Waals surface area contributed by atoms with Gasteiger partial charge < -0.3 is 5.11 Å². The van der Waals surface area contributed by atoms with Crippen molar-refractivity contribution in [2.24, 2.45) is 0 Å². The number of halogens is 2. The molecule has 21 heavy (non-hydrogen) atoms. The Morgan fingerprint density at radius 3 is 2.62 bits per heavy atom. The van der Waals surface area contributed by atoms with E-state index in [2.05, 4.69) is 25.6 Å². The molecular formula is C12H8BrClN2O4S. The van der Waals surface area contributed by atoms with Gasteiger partial charge in [-0.1, -0.05) is 11.6 Å². The van der Waals surface area contributed by atoms with Crippen molar-refractivity contribution in [3.8, 4) is 0 Å². The summed E-state index contributed by atoms with van der Waals surface area (Å²) in [5, 5.41) is 8.70. The van der Waals surface area contributed by atoms with E-state index in [9.17, 15) is 13.2 Å². The fraction of sp³-hybridized carbons (Fsp3) is 0. The summed E-state index contributed by atoms with van der Waals surface area (Å²) in [6.07, 6.45) is 1.43. The van der Waals surface area contributed by atoms with Crippen LogP contribution in [0.4, 0.5) is 5.82 Å². The number of anilines is 1. The number of pyridine rings is 1. The molecule has 0 aliphatic carbocycles. The van der Waals surface area contributed by atoms with Crippen molar-refractivity contribution >= 4 is 49.3 Å². The maximum Gasteiger partial charge on any atom is 0.337 e. The summed E-state index contributed by atoms with van der Waals surface area (Å²) in [6.45, 7) is 0. The van der Waals surface area contributed by atoms with E-state index >= 15 is 0 Å². The minimum atomic E-state index is -3.92. The second-order valence-electron chi connectivity index (χ2n) is 3.89. The van der Waals surface area contributed by atoms with E-state index in [1.54, 1.807) is 12.1 Å². The molecule has 0 bridgehead atoms. The van der Waals surface area contributed by atoms with Crippen molar-refractivity contribution < 1.29 is 18.3 Å². The number of nitrogens with one attached hydrogen (secondary N) is 1. The summed E-state index contributed by atoms with van der Waals surface area (Å²) in [6, 6.07) is 6.64. The second kappa shape index (κ2) is 6.00. The van der Waals surface area contributed by atoms with Crippen LogP contribution in [-0.2, 0) is 10.0 Å². The summed E-state index contributed by atoms with van der Waals surface area (Å²) in [5.41, 5.74) is -0.172. The Balaban J connectivity index is 2.39. The highest BCUT2D eigenvalue weighted by Crippen LogP contribution is 2.25. The topological polar surface area (TPSA) is 96.4 Å². The number of benzene rings is 1. The van der Waals surface area contributed by atoms with Crippen LogP contribution in [0, 0.1) is 0 Å². The summed E-state index contributed by atoms with van der Waals surface area (Å²) in [4.78, 5) is 14.6. The molecule has 0 amide bonds. The van der Waals surface area contributed by atoms with Gasteiger partial charge in [-0.15, -0.1) is 0 Å². The van der Waals surface area contributed by atoms with Crippen LogP contribution in [0.15, 0.2) is 45.9 Å². The Morgan fingerprint density at radius 2 is 2.05 bits per heavy atom. The molecule has 0 fully saturated rings. The Hall–Kier alpha value is -1.64. The van der Waals surface area contributed by atoms with Gasteiger partial charge in [0.05, 0.1) is 20.0 Å². The number of carboxylic acids is 1. The first-order valence-electron chi connectivity index (χ1n) is 5.47. The highest BCUT2D eigenvalue weighted by molar-refractivity contribution is 9.10. The third-order valence-corrected chi connectivity index (χ3v) is 4.76. The number of hydrogen-bond acceptors (Lipinski definition) is 4. The minimum absolute atomic E-state index is 0.121. The predicted octanol–water partition coefficient (Wildman–Crippen LogP) is 3.00. The standard InChI is InChI=1S/C12H8BrClN2O4S/c13-9-2-1-5-15-11(9)16-21(19,20)7-3-4-8(12(17)18)10(14)6-7/h1-6H,(H,15,16)(H,17,18). The predicted molar refractivity (Wildman–Crippen MR) is 81.2 cm³/mol. The number of sulfonamides is 1. The van der Waals surface area contributed by atoms with Gasteiger partial charge in [-0.2, -0.15) is 0 Å². The SMILES string of the molecule is O=C(O)c1ccc(S(=O)(=O)Nc2ncccc2Br)cc1Cl. The molecule has 1 heterocycles. The molecule has 0 unspecified atom stereocenters. The average Bonchev–Trinajstić information content (AvgIpc) is 2.40. The van der Waals surface area contributed by atoms with Crippen LogP contribution in [0.25, 0.3) is 0 Å². The first-order chi connectivity index (χ1) is 9.81. The molecule has 1 aromatic heterocycles. The highest BCUT2D eigenvalue weighted by atomic mass is 79.9. The molecule has 0 aliphatic rings. The van der Waals surface area contributed by atoms with Crippen molar-refractivity contribution in [1.29, 1.82) is 0 Å². The first kappa shape index (κ1) is 15.7. The first-order valence-corrected chi connectivity index (χ1v) is 8.13. The van der Waals surface area contributed by atoms with E-state index in [-0.39, 0.29) is 21.3 Å². The van der Waals surface area contributed by atoms with Gasteiger partial charge in [0.15, 0.2) is 5.82 Å². The maximum absolute atomic E-state index is 12.2. The highest BCUT2D eigenvalue weighted by Gasteiger charge is 2.19. The maximum atomic E-state index is 12.2. The number of hydrogen-bond donors (Lipinski definition) is 2. The van der Waals surface area contributed by atoms with Gasteiger partial charge >= 0.3 is 5.97 Å². The Kier molecular flexibility index (Phi) is 4.50. The van der Waals surface area contributed by atoms with Crippen LogP contribution in [0.5, 0.6) is 0 Å². The zero-order valence-corrected chi connectivity index (χ0v) is 13.4. The molecule has 2 rings (SSSR count). The summed E-state index contributed by atoms with van der Waals surface area (Å²) in [5.74, 6) is -1.11. The summed E-state index contributed by atoms with van der Waals surface area (Å²) in [7, 11) is -3.92. The van der Waals surface area contributed by atoms with Crippen LogP contribution in [0.3, 0.4) is 0 Å². The van der Waals surface area contributed by atoms with Crippen LogP contribution >= 0.6 is 27.5 Å². The van der Waals surface area contributed by atoms with Crippen LogP contribution in [-0.4, -0.2) is 24.5 Å². The molecule has 0 saturated carbocycles. The van der Waals surface area contributed by atoms with Crippen molar-refractivity contribution in [1.82, 2.24) is 4.98 Å². The number of nitrogens with zero attached hydrogens (tertiary/aromatic N) is 1. The third kappa shape index (κ3) is 3.52. The monoisotopic (exact) mass is 390 g/mol. The van der Waals surface area contributed by atoms with Gasteiger partial charge in [-0.25, -0.2) is 18.2 Å². The smallest absolute Gasteiger partial charge is 0.337 e. The van der Waals surface area contributed by atoms with E-state index in [4.69, 9.17) is 16.7 Å². The van der Waals surface area contributed by atoms with Crippen molar-refractivity contribution in [2.75, 3.05) is 4.72 Å². The van der Waals surface area contributed by atoms with Gasteiger partial charge in [0.1, 0.15) is 0 Å². The van der Waals surface area contributed by atoms with Crippen molar-refractivity contribution in [2.45, 2.75) is 4.90 Å². The number of aromatic carboxylic acids is 1. The summed E-state index contributed by atoms with van der Waals surface area (Å²) >= 11 is 8.94. The van der Waals surface area contributed by atoms with Gasteiger partial charge in [-0.05, 0) is 46.3 Å². The molecule has 0 spiro atoms. The molecule has 2 N–H and O–H groups in total. The molecule has 0 atom stereocenters. The van der Waals surface area contributed by atoms with E-state index in [0.29, 0.717) is 4.47 Å². The fourth-order valence-electron chi connectivity index (χ4n) is 1.48. The quantitative estimate of drug-likeness (QED) is 0.835. The van der Waals surface area contributed by atoms with E-state index in [0.717, 1.165) is 18.2 Å². The fourth-order valence-corrected chi connectivity index (χ4v) is 3.35. The summed E-state index contributed by atoms with van der Waals surface area (Å²) < 4.78 is 27.2. The lowest BCUT2D eigenvalue weighted by molar-refractivity contribution is 0.0697. The molecule has 2 aromatic rings. The van der Waals surface area contributed by atoms with E-state index in [1.165, 1.54) is 6.20 Å². The van der Waals surface area contributed by atoms with E-state index in [1.807, 2.05) is 0 Å². The molecule has 0 aliphatic heterocycles. The van der Waals surface area contributed by atoms with Crippen LogP contribution in [0.1, 0.15) is 10.4 Å². The van der Waals surface area contributed by atoms with Gasteiger partial charge in [-0.3, -0.25) is 4.72 Å². The zero-order valence-electron chi connectivity index (χ0n) is 10.2. The van der Waals surface area contributed by atoms with Crippen LogP contribution in [0.2, 0.25) is 5.02 Å². The van der Waals surface area contributed by atoms with Crippen LogP contribution < -0.4 is 4.72 Å². The molecule has 0 saturated heterocycles. The number of carboxylic acid groups (broad SMARTS) is 1. The number of rotatable bonds is 4. The van der Waals surface area contributed by atoms with Crippen molar-refractivity contribution in [3.05, 3.63) is 51.6 Å². The number of aromatic nitrogens is 1. The molecule has 9 heteroatoms. The van der Waals surface area contributed by atoms with Gasteiger partial charge in [0.25, 0.3) is 10.0 Å². The van der Waals surface area contributed by atoms with Gasteiger partial charge in [0.2, 0.25) is 0 Å². The molecule has 110 valence electrons. The Morgan fingerprint density at radius 1 is 1.33 bits per heavy atom. The lowest BCUT2D eigenvalue weighted by Crippen LogP contribution is -2.14. The lowest BCUT2D eigenvalue weighted by Gasteiger charge is -2.09. The lowest BCUT2D eigenvalue weighted by atomic mass is 10.2. The Labute approximate surface area is 134 Å². The minimum Gasteiger partial charge on any atom is -0.478 e. The normalized spacial score (nSPS) is 11.1. The van der Waals surface area contributed by atoms with Gasteiger partial charge in [0, 0.05) is 6.20 Å². The van der Waals surface area contributed by atoms with E-state index < -0.39 is 16.0 Å². The molecule has 1 aromatic carbocycles. The third-order valence-electron chi connectivity index (χ3n) is 2.47. The molecular weight excluding hydrogens is 384 g/mol. The number of carbonyl (C=O) groups is 1. The second-order valence-corrected chi connectivity index (χ2v) is 6.83.